The van der Waals surface area contributed by atoms with Gasteiger partial charge in [-0.2, -0.15) is 0 Å². The lowest BCUT2D eigenvalue weighted by molar-refractivity contribution is -0.120. The number of piperidine rings is 1. The first-order valence-corrected chi connectivity index (χ1v) is 9.66. The van der Waals surface area contributed by atoms with Crippen molar-refractivity contribution in [3.05, 3.63) is 65.7 Å². The lowest BCUT2D eigenvalue weighted by Gasteiger charge is -2.24. The molecule has 0 radical (unpaired) electrons. The number of benzene rings is 2. The Morgan fingerprint density at radius 3 is 2.73 bits per heavy atom. The number of halogens is 2. The van der Waals surface area contributed by atoms with Crippen molar-refractivity contribution in [2.24, 2.45) is 5.92 Å². The van der Waals surface area contributed by atoms with Crippen LogP contribution in [0.4, 0.5) is 8.78 Å². The Hall–Kier alpha value is -1.92. The fraction of sp³-hybridized carbons (Fsp3) is 0.350. The SMILES string of the molecule is O=C(NCC1CCCNC1)C(Sc1ccc(F)cc1F)c1ccccc1. The van der Waals surface area contributed by atoms with E-state index in [2.05, 4.69) is 10.6 Å². The minimum atomic E-state index is -0.653. The van der Waals surface area contributed by atoms with Crippen molar-refractivity contribution in [2.45, 2.75) is 23.0 Å². The van der Waals surface area contributed by atoms with Crippen molar-refractivity contribution < 1.29 is 13.6 Å². The molecule has 1 heterocycles. The van der Waals surface area contributed by atoms with Gasteiger partial charge in [0.1, 0.15) is 16.9 Å². The van der Waals surface area contributed by atoms with Gasteiger partial charge >= 0.3 is 0 Å². The van der Waals surface area contributed by atoms with Gasteiger partial charge in [0.15, 0.2) is 0 Å². The summed E-state index contributed by atoms with van der Waals surface area (Å²) in [4.78, 5) is 13.1. The summed E-state index contributed by atoms with van der Waals surface area (Å²) < 4.78 is 27.2. The molecule has 2 N–H and O–H groups in total. The molecule has 6 heteroatoms. The fourth-order valence-corrected chi connectivity index (χ4v) is 4.09. The first kappa shape index (κ1) is 18.9. The zero-order chi connectivity index (χ0) is 18.4. The number of carbonyl (C=O) groups excluding carboxylic acids is 1. The van der Waals surface area contributed by atoms with Gasteiger partial charge in [0, 0.05) is 17.5 Å². The normalized spacial score (nSPS) is 18.3. The van der Waals surface area contributed by atoms with Gasteiger partial charge in [0.25, 0.3) is 0 Å². The van der Waals surface area contributed by atoms with Gasteiger partial charge in [-0.25, -0.2) is 8.78 Å². The topological polar surface area (TPSA) is 41.1 Å². The third-order valence-corrected chi connectivity index (χ3v) is 5.75. The van der Waals surface area contributed by atoms with E-state index in [1.165, 1.54) is 12.1 Å². The molecule has 1 amide bonds. The van der Waals surface area contributed by atoms with Crippen molar-refractivity contribution in [3.63, 3.8) is 0 Å². The Balaban J connectivity index is 1.73. The first-order valence-electron chi connectivity index (χ1n) is 8.78. The van der Waals surface area contributed by atoms with Gasteiger partial charge in [-0.1, -0.05) is 30.3 Å². The highest BCUT2D eigenvalue weighted by molar-refractivity contribution is 8.00. The number of thioether (sulfide) groups is 1. The summed E-state index contributed by atoms with van der Waals surface area (Å²) in [5.74, 6) is -1.02. The minimum Gasteiger partial charge on any atom is -0.355 e. The molecule has 1 aliphatic rings. The van der Waals surface area contributed by atoms with E-state index >= 15 is 0 Å². The van der Waals surface area contributed by atoms with Gasteiger partial charge in [-0.05, 0) is 49.5 Å². The van der Waals surface area contributed by atoms with Crippen LogP contribution in [0.1, 0.15) is 23.7 Å². The van der Waals surface area contributed by atoms with Crippen LogP contribution in [0.5, 0.6) is 0 Å². The molecule has 2 aromatic carbocycles. The Morgan fingerprint density at radius 2 is 2.04 bits per heavy atom. The summed E-state index contributed by atoms with van der Waals surface area (Å²) in [6.07, 6.45) is 2.20. The quantitative estimate of drug-likeness (QED) is 0.751. The van der Waals surface area contributed by atoms with Gasteiger partial charge in [-0.3, -0.25) is 4.79 Å². The van der Waals surface area contributed by atoms with Crippen LogP contribution < -0.4 is 10.6 Å². The van der Waals surface area contributed by atoms with E-state index < -0.39 is 16.9 Å². The number of carbonyl (C=O) groups is 1. The molecular weight excluding hydrogens is 354 g/mol. The highest BCUT2D eigenvalue weighted by atomic mass is 32.2. The predicted octanol–water partition coefficient (Wildman–Crippen LogP) is 3.91. The molecule has 2 unspecified atom stereocenters. The summed E-state index contributed by atoms with van der Waals surface area (Å²) in [6.45, 7) is 2.52. The molecule has 3 rings (SSSR count). The second-order valence-electron chi connectivity index (χ2n) is 6.44. The van der Waals surface area contributed by atoms with E-state index in [9.17, 15) is 13.6 Å². The van der Waals surface area contributed by atoms with Crippen LogP contribution in [0.15, 0.2) is 53.4 Å². The average Bonchev–Trinajstić information content (AvgIpc) is 2.67. The van der Waals surface area contributed by atoms with Gasteiger partial charge in [0.05, 0.1) is 0 Å². The Labute approximate surface area is 156 Å². The maximum absolute atomic E-state index is 14.1. The molecule has 0 aromatic heterocycles. The minimum absolute atomic E-state index is 0.157. The Bertz CT molecular complexity index is 736. The second kappa shape index (κ2) is 9.14. The van der Waals surface area contributed by atoms with E-state index in [1.54, 1.807) is 0 Å². The van der Waals surface area contributed by atoms with Crippen molar-refractivity contribution in [3.8, 4) is 0 Å². The van der Waals surface area contributed by atoms with Gasteiger partial charge < -0.3 is 10.6 Å². The number of hydrogen-bond acceptors (Lipinski definition) is 3. The maximum Gasteiger partial charge on any atom is 0.238 e. The molecule has 3 nitrogen and oxygen atoms in total. The number of amides is 1. The first-order chi connectivity index (χ1) is 12.6. The average molecular weight is 376 g/mol. The van der Waals surface area contributed by atoms with Crippen LogP contribution in [0.25, 0.3) is 0 Å². The molecule has 2 atom stereocenters. The predicted molar refractivity (Wildman–Crippen MR) is 100 cm³/mol. The molecule has 0 aliphatic carbocycles. The smallest absolute Gasteiger partial charge is 0.238 e. The number of rotatable bonds is 6. The van der Waals surface area contributed by atoms with Crippen LogP contribution in [-0.4, -0.2) is 25.5 Å². The summed E-state index contributed by atoms with van der Waals surface area (Å²) in [6, 6.07) is 12.7. The second-order valence-corrected chi connectivity index (χ2v) is 7.59. The largest absolute Gasteiger partial charge is 0.355 e. The molecule has 1 fully saturated rings. The molecule has 0 spiro atoms. The molecule has 2 aromatic rings. The molecule has 0 bridgehead atoms. The standard InChI is InChI=1S/C20H22F2N2OS/c21-16-8-9-18(17(22)11-16)26-19(15-6-2-1-3-7-15)20(25)24-13-14-5-4-10-23-12-14/h1-3,6-9,11,14,19,23H,4-5,10,12-13H2,(H,24,25). The van der Waals surface area contributed by atoms with Crippen molar-refractivity contribution in [1.82, 2.24) is 10.6 Å². The Morgan fingerprint density at radius 1 is 1.23 bits per heavy atom. The van der Waals surface area contributed by atoms with Crippen LogP contribution in [0.3, 0.4) is 0 Å². The Kier molecular flexibility index (Phi) is 6.63. The van der Waals surface area contributed by atoms with Crippen molar-refractivity contribution >= 4 is 17.7 Å². The highest BCUT2D eigenvalue weighted by Gasteiger charge is 2.24. The zero-order valence-corrected chi connectivity index (χ0v) is 15.2. The fourth-order valence-electron chi connectivity index (χ4n) is 3.03. The van der Waals surface area contributed by atoms with Gasteiger partial charge in [0.2, 0.25) is 5.91 Å². The lowest BCUT2D eigenvalue weighted by Crippen LogP contribution is -2.39. The lowest BCUT2D eigenvalue weighted by atomic mass is 9.99. The van der Waals surface area contributed by atoms with Crippen LogP contribution in [-0.2, 0) is 4.79 Å². The van der Waals surface area contributed by atoms with Crippen LogP contribution in [0.2, 0.25) is 0 Å². The van der Waals surface area contributed by atoms with E-state index in [0.717, 1.165) is 49.3 Å². The zero-order valence-electron chi connectivity index (χ0n) is 14.4. The number of nitrogens with one attached hydrogen (secondary N) is 2. The molecule has 0 saturated carbocycles. The van der Waals surface area contributed by atoms with E-state index in [1.807, 2.05) is 30.3 Å². The molecule has 1 saturated heterocycles. The molecular formula is C20H22F2N2OS. The van der Waals surface area contributed by atoms with E-state index in [-0.39, 0.29) is 10.8 Å². The summed E-state index contributed by atoms with van der Waals surface area (Å²) >= 11 is 1.10. The highest BCUT2D eigenvalue weighted by Crippen LogP contribution is 2.37. The summed E-state index contributed by atoms with van der Waals surface area (Å²) in [7, 11) is 0. The van der Waals surface area contributed by atoms with Gasteiger partial charge in [-0.15, -0.1) is 11.8 Å². The van der Waals surface area contributed by atoms with E-state index in [4.69, 9.17) is 0 Å². The monoisotopic (exact) mass is 376 g/mol. The number of hydrogen-bond donors (Lipinski definition) is 2. The third-order valence-electron chi connectivity index (χ3n) is 4.44. The third kappa shape index (κ3) is 5.05. The van der Waals surface area contributed by atoms with Crippen molar-refractivity contribution in [1.29, 1.82) is 0 Å². The van der Waals surface area contributed by atoms with E-state index in [0.29, 0.717) is 12.5 Å². The van der Waals surface area contributed by atoms with Crippen molar-refractivity contribution in [2.75, 3.05) is 19.6 Å². The van der Waals surface area contributed by atoms with Crippen LogP contribution >= 0.6 is 11.8 Å². The molecule has 138 valence electrons. The molecule has 26 heavy (non-hydrogen) atoms. The maximum atomic E-state index is 14.1. The molecule has 1 aliphatic heterocycles. The summed E-state index contributed by atoms with van der Waals surface area (Å²) in [5, 5.41) is 5.75. The summed E-state index contributed by atoms with van der Waals surface area (Å²) in [5.41, 5.74) is 0.792. The van der Waals surface area contributed by atoms with Crippen LogP contribution in [0, 0.1) is 17.6 Å².